The highest BCUT2D eigenvalue weighted by atomic mass is 35.5. The molecule has 0 bridgehead atoms. The van der Waals surface area contributed by atoms with Crippen LogP contribution in [0, 0.1) is 0 Å². The number of benzene rings is 2. The topological polar surface area (TPSA) is 106 Å². The standard InChI is InChI=1S/C19H20ClN3O5/c1-3-28-14-7-5-13(6-8-14)22-19(26)18(25)21-11-17(24)23-15-10-12(20)4-9-16(15)27-2/h4-10H,3,11H2,1-2H3,(H,21,25)(H,22,26)(H,23,24). The fraction of sp³-hybridized carbons (Fsp3) is 0.211. The number of nitrogens with one attached hydrogen (secondary N) is 3. The largest absolute Gasteiger partial charge is 0.495 e. The Morgan fingerprint density at radius 2 is 1.71 bits per heavy atom. The molecule has 9 heteroatoms. The Balaban J connectivity index is 1.84. The van der Waals surface area contributed by atoms with Crippen molar-refractivity contribution in [2.75, 3.05) is 30.9 Å². The summed E-state index contributed by atoms with van der Waals surface area (Å²) in [5.74, 6) is -1.31. The summed E-state index contributed by atoms with van der Waals surface area (Å²) in [6.45, 7) is 1.99. The maximum absolute atomic E-state index is 12.0. The predicted molar refractivity (Wildman–Crippen MR) is 106 cm³/mol. The van der Waals surface area contributed by atoms with Crippen LogP contribution in [0.2, 0.25) is 5.02 Å². The average Bonchev–Trinajstić information content (AvgIpc) is 2.68. The van der Waals surface area contributed by atoms with Gasteiger partial charge >= 0.3 is 11.8 Å². The van der Waals surface area contributed by atoms with Crippen LogP contribution in [0.25, 0.3) is 0 Å². The molecule has 0 saturated carbocycles. The summed E-state index contributed by atoms with van der Waals surface area (Å²) in [6.07, 6.45) is 0. The van der Waals surface area contributed by atoms with Crippen molar-refractivity contribution in [3.05, 3.63) is 47.5 Å². The van der Waals surface area contributed by atoms with Gasteiger partial charge in [-0.3, -0.25) is 14.4 Å². The normalized spacial score (nSPS) is 9.96. The summed E-state index contributed by atoms with van der Waals surface area (Å²) in [4.78, 5) is 35.8. The second kappa shape index (κ2) is 10.2. The van der Waals surface area contributed by atoms with E-state index in [1.807, 2.05) is 6.92 Å². The molecule has 0 radical (unpaired) electrons. The van der Waals surface area contributed by atoms with Crippen molar-refractivity contribution in [1.29, 1.82) is 0 Å². The summed E-state index contributed by atoms with van der Waals surface area (Å²) in [5.41, 5.74) is 0.782. The van der Waals surface area contributed by atoms with Gasteiger partial charge in [0.1, 0.15) is 11.5 Å². The Kier molecular flexibility index (Phi) is 7.65. The van der Waals surface area contributed by atoms with Crippen LogP contribution in [0.5, 0.6) is 11.5 Å². The van der Waals surface area contributed by atoms with E-state index in [-0.39, 0.29) is 0 Å². The lowest BCUT2D eigenvalue weighted by molar-refractivity contribution is -0.136. The van der Waals surface area contributed by atoms with Crippen molar-refractivity contribution in [2.45, 2.75) is 6.92 Å². The van der Waals surface area contributed by atoms with Crippen LogP contribution in [0.3, 0.4) is 0 Å². The van der Waals surface area contributed by atoms with E-state index in [2.05, 4.69) is 16.0 Å². The smallest absolute Gasteiger partial charge is 0.313 e. The fourth-order valence-electron chi connectivity index (χ4n) is 2.20. The maximum Gasteiger partial charge on any atom is 0.313 e. The number of carbonyl (C=O) groups is 3. The van der Waals surface area contributed by atoms with Gasteiger partial charge in [-0.25, -0.2) is 0 Å². The van der Waals surface area contributed by atoms with Gasteiger partial charge in [0.2, 0.25) is 5.91 Å². The molecule has 0 aliphatic heterocycles. The van der Waals surface area contributed by atoms with Crippen LogP contribution in [0.15, 0.2) is 42.5 Å². The molecule has 0 spiro atoms. The Hall–Kier alpha value is -3.26. The number of methoxy groups -OCH3 is 1. The van der Waals surface area contributed by atoms with Crippen molar-refractivity contribution in [2.24, 2.45) is 0 Å². The zero-order valence-electron chi connectivity index (χ0n) is 15.4. The first-order valence-electron chi connectivity index (χ1n) is 8.38. The van der Waals surface area contributed by atoms with E-state index in [9.17, 15) is 14.4 Å². The third kappa shape index (κ3) is 6.17. The minimum atomic E-state index is -0.943. The summed E-state index contributed by atoms with van der Waals surface area (Å²) >= 11 is 5.89. The molecular weight excluding hydrogens is 386 g/mol. The molecule has 0 heterocycles. The maximum atomic E-state index is 12.0. The van der Waals surface area contributed by atoms with Crippen molar-refractivity contribution < 1.29 is 23.9 Å². The molecule has 0 saturated heterocycles. The Morgan fingerprint density at radius 3 is 2.36 bits per heavy atom. The van der Waals surface area contributed by atoms with Crippen molar-refractivity contribution in [3.63, 3.8) is 0 Å². The summed E-state index contributed by atoms with van der Waals surface area (Å²) < 4.78 is 10.4. The lowest BCUT2D eigenvalue weighted by Gasteiger charge is -2.11. The molecule has 3 amide bonds. The van der Waals surface area contributed by atoms with Gasteiger partial charge in [0.15, 0.2) is 0 Å². The molecule has 0 fully saturated rings. The van der Waals surface area contributed by atoms with Gasteiger partial charge in [-0.1, -0.05) is 11.6 Å². The molecule has 0 atom stereocenters. The molecule has 0 aromatic heterocycles. The quantitative estimate of drug-likeness (QED) is 0.613. The van der Waals surface area contributed by atoms with Crippen LogP contribution in [-0.4, -0.2) is 38.0 Å². The van der Waals surface area contributed by atoms with Gasteiger partial charge in [-0.15, -0.1) is 0 Å². The van der Waals surface area contributed by atoms with E-state index in [4.69, 9.17) is 21.1 Å². The molecule has 2 aromatic rings. The molecule has 28 heavy (non-hydrogen) atoms. The van der Waals surface area contributed by atoms with Crippen LogP contribution in [0.1, 0.15) is 6.92 Å². The third-order valence-corrected chi connectivity index (χ3v) is 3.71. The van der Waals surface area contributed by atoms with Gasteiger partial charge in [0, 0.05) is 10.7 Å². The molecule has 0 aliphatic carbocycles. The van der Waals surface area contributed by atoms with Gasteiger partial charge in [0.05, 0.1) is 25.9 Å². The lowest BCUT2D eigenvalue weighted by atomic mass is 10.3. The summed E-state index contributed by atoms with van der Waals surface area (Å²) in [5, 5.41) is 7.65. The van der Waals surface area contributed by atoms with Crippen LogP contribution < -0.4 is 25.4 Å². The zero-order chi connectivity index (χ0) is 20.5. The number of anilines is 2. The Morgan fingerprint density at radius 1 is 1.00 bits per heavy atom. The lowest BCUT2D eigenvalue weighted by Crippen LogP contribution is -2.39. The zero-order valence-corrected chi connectivity index (χ0v) is 16.1. The van der Waals surface area contributed by atoms with Crippen molar-refractivity contribution in [1.82, 2.24) is 5.32 Å². The Bertz CT molecular complexity index is 855. The van der Waals surface area contributed by atoms with Crippen LogP contribution >= 0.6 is 11.6 Å². The van der Waals surface area contributed by atoms with E-state index in [1.54, 1.807) is 36.4 Å². The number of hydrogen-bond donors (Lipinski definition) is 3. The van der Waals surface area contributed by atoms with E-state index in [1.165, 1.54) is 13.2 Å². The number of rotatable bonds is 7. The first-order valence-corrected chi connectivity index (χ1v) is 8.76. The second-order valence-corrected chi connectivity index (χ2v) is 5.92. The van der Waals surface area contributed by atoms with Gasteiger partial charge in [-0.05, 0) is 49.4 Å². The molecule has 2 rings (SSSR count). The first kappa shape index (κ1) is 21.0. The van der Waals surface area contributed by atoms with Crippen molar-refractivity contribution in [3.8, 4) is 11.5 Å². The number of carbonyl (C=O) groups excluding carboxylic acids is 3. The summed E-state index contributed by atoms with van der Waals surface area (Å²) in [7, 11) is 1.45. The average molecular weight is 406 g/mol. The fourth-order valence-corrected chi connectivity index (χ4v) is 2.37. The van der Waals surface area contributed by atoms with Crippen LogP contribution in [0.4, 0.5) is 11.4 Å². The SMILES string of the molecule is CCOc1ccc(NC(=O)C(=O)NCC(=O)Nc2cc(Cl)ccc2OC)cc1. The van der Waals surface area contributed by atoms with Gasteiger partial charge < -0.3 is 25.4 Å². The molecule has 8 nitrogen and oxygen atoms in total. The van der Waals surface area contributed by atoms with E-state index in [0.717, 1.165) is 0 Å². The third-order valence-electron chi connectivity index (χ3n) is 3.47. The molecule has 2 aromatic carbocycles. The van der Waals surface area contributed by atoms with E-state index in [0.29, 0.717) is 34.5 Å². The number of amides is 3. The van der Waals surface area contributed by atoms with E-state index >= 15 is 0 Å². The van der Waals surface area contributed by atoms with Crippen LogP contribution in [-0.2, 0) is 14.4 Å². The first-order chi connectivity index (χ1) is 13.4. The molecule has 3 N–H and O–H groups in total. The number of hydrogen-bond acceptors (Lipinski definition) is 5. The highest BCUT2D eigenvalue weighted by Crippen LogP contribution is 2.27. The highest BCUT2D eigenvalue weighted by molar-refractivity contribution is 6.40. The molecule has 0 aliphatic rings. The minimum Gasteiger partial charge on any atom is -0.495 e. The molecular formula is C19H20ClN3O5. The molecule has 0 unspecified atom stereocenters. The highest BCUT2D eigenvalue weighted by Gasteiger charge is 2.16. The van der Waals surface area contributed by atoms with Gasteiger partial charge in [0.25, 0.3) is 0 Å². The molecule has 148 valence electrons. The van der Waals surface area contributed by atoms with Gasteiger partial charge in [-0.2, -0.15) is 0 Å². The predicted octanol–water partition coefficient (Wildman–Crippen LogP) is 2.44. The minimum absolute atomic E-state index is 0.355. The monoisotopic (exact) mass is 405 g/mol. The summed E-state index contributed by atoms with van der Waals surface area (Å²) in [6, 6.07) is 11.3. The Labute approximate surface area is 167 Å². The number of halogens is 1. The van der Waals surface area contributed by atoms with Crippen molar-refractivity contribution >= 4 is 40.7 Å². The van der Waals surface area contributed by atoms with E-state index < -0.39 is 24.3 Å². The number of ether oxygens (including phenoxy) is 2. The second-order valence-electron chi connectivity index (χ2n) is 5.49.